The Morgan fingerprint density at radius 3 is 2.92 bits per heavy atom. The van der Waals surface area contributed by atoms with Crippen molar-refractivity contribution >= 4 is 33.1 Å². The Hall–Kier alpha value is -2.34. The van der Waals surface area contributed by atoms with E-state index in [9.17, 15) is 0 Å². The minimum Gasteiger partial charge on any atom is -0.495 e. The Balaban J connectivity index is 1.57. The molecule has 25 heavy (non-hydrogen) atoms. The number of benzene rings is 1. The second kappa shape index (κ2) is 6.52. The Labute approximate surface area is 151 Å². The van der Waals surface area contributed by atoms with Crippen LogP contribution in [0.1, 0.15) is 17.8 Å². The lowest BCUT2D eigenvalue weighted by Gasteiger charge is -2.21. The van der Waals surface area contributed by atoms with E-state index in [-0.39, 0.29) is 0 Å². The zero-order valence-electron chi connectivity index (χ0n) is 14.7. The van der Waals surface area contributed by atoms with Crippen molar-refractivity contribution in [3.63, 3.8) is 0 Å². The molecule has 0 radical (unpaired) electrons. The highest BCUT2D eigenvalue weighted by molar-refractivity contribution is 7.17. The molecular formula is C19H22N4OS. The van der Waals surface area contributed by atoms with Gasteiger partial charge in [0.1, 0.15) is 22.2 Å². The van der Waals surface area contributed by atoms with Crippen molar-refractivity contribution in [2.75, 3.05) is 30.4 Å². The summed E-state index contributed by atoms with van der Waals surface area (Å²) in [7, 11) is 1.73. The Bertz CT molecular complexity index is 908. The summed E-state index contributed by atoms with van der Waals surface area (Å²) in [6.07, 6.45) is 1.08. The maximum Gasteiger partial charge on any atom is 0.142 e. The van der Waals surface area contributed by atoms with Crippen LogP contribution in [0.3, 0.4) is 0 Å². The summed E-state index contributed by atoms with van der Waals surface area (Å²) in [6.45, 7) is 6.02. The molecule has 0 aliphatic carbocycles. The summed E-state index contributed by atoms with van der Waals surface area (Å²) in [4.78, 5) is 12.7. The minimum atomic E-state index is 0.363. The van der Waals surface area contributed by atoms with Crippen LogP contribution >= 0.6 is 11.3 Å². The summed E-state index contributed by atoms with van der Waals surface area (Å²) in [5.74, 6) is 2.71. The fraction of sp³-hybridized carbons (Fsp3) is 0.368. The number of aryl methyl sites for hydroxylation is 2. The normalized spacial score (nSPS) is 17.2. The third-order valence-corrected chi connectivity index (χ3v) is 5.67. The van der Waals surface area contributed by atoms with Gasteiger partial charge in [-0.05, 0) is 43.3 Å². The monoisotopic (exact) mass is 354 g/mol. The van der Waals surface area contributed by atoms with Crippen LogP contribution in [0.25, 0.3) is 10.2 Å². The Kier molecular flexibility index (Phi) is 4.21. The summed E-state index contributed by atoms with van der Waals surface area (Å²) in [5, 5.41) is 6.97. The first-order valence-electron chi connectivity index (χ1n) is 8.52. The molecule has 3 heterocycles. The summed E-state index contributed by atoms with van der Waals surface area (Å²) < 4.78 is 5.51. The Morgan fingerprint density at radius 1 is 1.24 bits per heavy atom. The molecule has 1 unspecified atom stereocenters. The van der Waals surface area contributed by atoms with Gasteiger partial charge in [-0.2, -0.15) is 0 Å². The number of thiophene rings is 1. The van der Waals surface area contributed by atoms with Crippen LogP contribution in [0.2, 0.25) is 0 Å². The standard InChI is InChI=1S/C19H22N4OS/c1-12-11-25-19-17(12)18(20-13(2)21-19)22-14-8-9-23(10-14)15-6-4-5-7-16(15)24-3/h4-7,11,14H,8-10H2,1-3H3,(H,20,21,22). The predicted octanol–water partition coefficient (Wildman–Crippen LogP) is 4.01. The van der Waals surface area contributed by atoms with Crippen LogP contribution < -0.4 is 15.0 Å². The van der Waals surface area contributed by atoms with E-state index in [2.05, 4.69) is 44.6 Å². The molecule has 0 bridgehead atoms. The van der Waals surface area contributed by atoms with Crippen molar-refractivity contribution in [1.29, 1.82) is 0 Å². The first-order valence-corrected chi connectivity index (χ1v) is 9.40. The summed E-state index contributed by atoms with van der Waals surface area (Å²) in [6, 6.07) is 8.57. The van der Waals surface area contributed by atoms with E-state index in [0.717, 1.165) is 52.8 Å². The number of rotatable bonds is 4. The molecular weight excluding hydrogens is 332 g/mol. The van der Waals surface area contributed by atoms with E-state index in [0.29, 0.717) is 6.04 Å². The second-order valence-electron chi connectivity index (χ2n) is 6.47. The molecule has 0 amide bonds. The molecule has 0 saturated carbocycles. The van der Waals surface area contributed by atoms with Gasteiger partial charge in [-0.25, -0.2) is 9.97 Å². The van der Waals surface area contributed by atoms with E-state index >= 15 is 0 Å². The molecule has 1 atom stereocenters. The van der Waals surface area contributed by atoms with E-state index in [4.69, 9.17) is 4.74 Å². The number of methoxy groups -OCH3 is 1. The predicted molar refractivity (Wildman–Crippen MR) is 104 cm³/mol. The number of para-hydroxylation sites is 2. The lowest BCUT2D eigenvalue weighted by atomic mass is 10.2. The number of hydrogen-bond donors (Lipinski definition) is 1. The molecule has 3 aromatic rings. The molecule has 0 spiro atoms. The number of anilines is 2. The largest absolute Gasteiger partial charge is 0.495 e. The van der Waals surface area contributed by atoms with Crippen LogP contribution in [-0.4, -0.2) is 36.2 Å². The zero-order chi connectivity index (χ0) is 17.4. The highest BCUT2D eigenvalue weighted by Gasteiger charge is 2.25. The van der Waals surface area contributed by atoms with Crippen molar-refractivity contribution < 1.29 is 4.74 Å². The van der Waals surface area contributed by atoms with Crippen LogP contribution in [0.5, 0.6) is 5.75 Å². The van der Waals surface area contributed by atoms with Crippen LogP contribution in [0.4, 0.5) is 11.5 Å². The van der Waals surface area contributed by atoms with Gasteiger partial charge in [0.25, 0.3) is 0 Å². The van der Waals surface area contributed by atoms with Gasteiger partial charge in [-0.1, -0.05) is 12.1 Å². The SMILES string of the molecule is COc1ccccc1N1CCC(Nc2nc(C)nc3scc(C)c23)C1. The number of fused-ring (bicyclic) bond motifs is 1. The number of aromatic nitrogens is 2. The highest BCUT2D eigenvalue weighted by atomic mass is 32.1. The molecule has 1 fully saturated rings. The smallest absolute Gasteiger partial charge is 0.142 e. The maximum atomic E-state index is 5.51. The van der Waals surface area contributed by atoms with Crippen LogP contribution in [0.15, 0.2) is 29.6 Å². The van der Waals surface area contributed by atoms with Crippen LogP contribution in [0, 0.1) is 13.8 Å². The van der Waals surface area contributed by atoms with Gasteiger partial charge in [0.15, 0.2) is 0 Å². The Morgan fingerprint density at radius 2 is 2.08 bits per heavy atom. The molecule has 4 rings (SSSR count). The van der Waals surface area contributed by atoms with Gasteiger partial charge < -0.3 is 15.0 Å². The fourth-order valence-corrected chi connectivity index (χ4v) is 4.44. The lowest BCUT2D eigenvalue weighted by molar-refractivity contribution is 0.415. The van der Waals surface area contributed by atoms with Gasteiger partial charge in [0, 0.05) is 19.1 Å². The van der Waals surface area contributed by atoms with Gasteiger partial charge in [0.05, 0.1) is 18.2 Å². The van der Waals surface area contributed by atoms with Crippen molar-refractivity contribution in [2.45, 2.75) is 26.3 Å². The van der Waals surface area contributed by atoms with E-state index in [1.807, 2.05) is 19.1 Å². The van der Waals surface area contributed by atoms with E-state index in [1.165, 1.54) is 5.56 Å². The number of nitrogens with one attached hydrogen (secondary N) is 1. The van der Waals surface area contributed by atoms with Crippen LogP contribution in [-0.2, 0) is 0 Å². The quantitative estimate of drug-likeness (QED) is 0.767. The first kappa shape index (κ1) is 16.1. The van der Waals surface area contributed by atoms with Crippen molar-refractivity contribution in [3.8, 4) is 5.75 Å². The van der Waals surface area contributed by atoms with Gasteiger partial charge in [-0.3, -0.25) is 0 Å². The number of hydrogen-bond acceptors (Lipinski definition) is 6. The molecule has 1 N–H and O–H groups in total. The van der Waals surface area contributed by atoms with Gasteiger partial charge in [0.2, 0.25) is 0 Å². The second-order valence-corrected chi connectivity index (χ2v) is 7.32. The summed E-state index contributed by atoms with van der Waals surface area (Å²) in [5.41, 5.74) is 2.40. The molecule has 1 aliphatic rings. The van der Waals surface area contributed by atoms with Gasteiger partial charge in [-0.15, -0.1) is 11.3 Å². The minimum absolute atomic E-state index is 0.363. The molecule has 1 aromatic carbocycles. The van der Waals surface area contributed by atoms with Gasteiger partial charge >= 0.3 is 0 Å². The molecule has 1 saturated heterocycles. The molecule has 5 nitrogen and oxygen atoms in total. The zero-order valence-corrected chi connectivity index (χ0v) is 15.6. The topological polar surface area (TPSA) is 50.3 Å². The highest BCUT2D eigenvalue weighted by Crippen LogP contribution is 2.33. The van der Waals surface area contributed by atoms with Crippen molar-refractivity contribution in [1.82, 2.24) is 9.97 Å². The maximum absolute atomic E-state index is 5.51. The third kappa shape index (κ3) is 3.02. The van der Waals surface area contributed by atoms with Crippen molar-refractivity contribution in [2.24, 2.45) is 0 Å². The first-order chi connectivity index (χ1) is 12.2. The fourth-order valence-electron chi connectivity index (χ4n) is 3.48. The molecule has 1 aliphatic heterocycles. The lowest BCUT2D eigenvalue weighted by Crippen LogP contribution is -2.26. The van der Waals surface area contributed by atoms with E-state index in [1.54, 1.807) is 18.4 Å². The third-order valence-electron chi connectivity index (χ3n) is 4.68. The molecule has 2 aromatic heterocycles. The average molecular weight is 354 g/mol. The number of ether oxygens (including phenoxy) is 1. The van der Waals surface area contributed by atoms with E-state index < -0.39 is 0 Å². The summed E-state index contributed by atoms with van der Waals surface area (Å²) >= 11 is 1.68. The number of nitrogens with zero attached hydrogens (tertiary/aromatic N) is 3. The molecule has 130 valence electrons. The molecule has 6 heteroatoms. The average Bonchev–Trinajstić information content (AvgIpc) is 3.22. The van der Waals surface area contributed by atoms with Crippen molar-refractivity contribution in [3.05, 3.63) is 41.0 Å².